The van der Waals surface area contributed by atoms with Crippen LogP contribution in [0.4, 0.5) is 0 Å². The Morgan fingerprint density at radius 1 is 0.762 bits per heavy atom. The lowest BCUT2D eigenvalue weighted by molar-refractivity contribution is 0.218. The molecule has 0 aliphatic rings. The standard InChI is InChI=1S/C18H20Cl2O/c1-9-10(2)12(4)17(13(5)11(9)3)18(21)14-6-7-15(19)16(20)8-14/h6-8,18,21H,1-5H3. The Kier molecular flexibility index (Phi) is 4.67. The number of hydrogen-bond acceptors (Lipinski definition) is 1. The van der Waals surface area contributed by atoms with Crippen LogP contribution in [0.5, 0.6) is 0 Å². The topological polar surface area (TPSA) is 20.2 Å². The van der Waals surface area contributed by atoms with Crippen LogP contribution in [0.1, 0.15) is 45.0 Å². The molecule has 0 spiro atoms. The van der Waals surface area contributed by atoms with Gasteiger partial charge in [-0.2, -0.15) is 0 Å². The molecule has 2 rings (SSSR count). The van der Waals surface area contributed by atoms with E-state index in [-0.39, 0.29) is 0 Å². The van der Waals surface area contributed by atoms with Crippen molar-refractivity contribution in [3.05, 3.63) is 67.2 Å². The first kappa shape index (κ1) is 16.4. The summed E-state index contributed by atoms with van der Waals surface area (Å²) >= 11 is 12.0. The van der Waals surface area contributed by atoms with Crippen LogP contribution in [0.25, 0.3) is 0 Å². The van der Waals surface area contributed by atoms with E-state index in [2.05, 4.69) is 34.6 Å². The van der Waals surface area contributed by atoms with E-state index in [4.69, 9.17) is 23.2 Å². The second kappa shape index (κ2) is 6.00. The molecule has 0 fully saturated rings. The fraction of sp³-hybridized carbons (Fsp3) is 0.333. The molecule has 0 aliphatic carbocycles. The minimum Gasteiger partial charge on any atom is -0.384 e. The summed E-state index contributed by atoms with van der Waals surface area (Å²) in [6, 6.07) is 5.28. The predicted molar refractivity (Wildman–Crippen MR) is 90.7 cm³/mol. The molecule has 0 radical (unpaired) electrons. The molecule has 3 heteroatoms. The molecule has 0 heterocycles. The van der Waals surface area contributed by atoms with Gasteiger partial charge >= 0.3 is 0 Å². The van der Waals surface area contributed by atoms with E-state index in [9.17, 15) is 5.11 Å². The average molecular weight is 323 g/mol. The van der Waals surface area contributed by atoms with Crippen LogP contribution in [0.3, 0.4) is 0 Å². The van der Waals surface area contributed by atoms with Gasteiger partial charge < -0.3 is 5.11 Å². The molecule has 0 bridgehead atoms. The lowest BCUT2D eigenvalue weighted by atomic mass is 9.85. The van der Waals surface area contributed by atoms with Crippen molar-refractivity contribution in [2.75, 3.05) is 0 Å². The first-order valence-electron chi connectivity index (χ1n) is 6.95. The fourth-order valence-electron chi connectivity index (χ4n) is 2.79. The molecule has 0 saturated heterocycles. The molecular formula is C18H20Cl2O. The number of hydrogen-bond donors (Lipinski definition) is 1. The molecule has 0 amide bonds. The Balaban J connectivity index is 2.63. The summed E-state index contributed by atoms with van der Waals surface area (Å²) in [6.07, 6.45) is -0.697. The lowest BCUT2D eigenvalue weighted by Crippen LogP contribution is -2.09. The second-order valence-electron chi connectivity index (χ2n) is 5.61. The fourth-order valence-corrected chi connectivity index (χ4v) is 3.09. The van der Waals surface area contributed by atoms with Gasteiger partial charge in [-0.1, -0.05) is 29.3 Å². The molecule has 21 heavy (non-hydrogen) atoms. The Labute approximate surface area is 136 Å². The highest BCUT2D eigenvalue weighted by Gasteiger charge is 2.20. The molecule has 2 aromatic carbocycles. The zero-order valence-electron chi connectivity index (χ0n) is 13.0. The molecule has 0 aliphatic heterocycles. The summed E-state index contributed by atoms with van der Waals surface area (Å²) in [4.78, 5) is 0. The number of aliphatic hydroxyl groups is 1. The van der Waals surface area contributed by atoms with Gasteiger partial charge in [0.1, 0.15) is 6.10 Å². The summed E-state index contributed by atoms with van der Waals surface area (Å²) in [5.41, 5.74) is 7.74. The van der Waals surface area contributed by atoms with Crippen LogP contribution in [-0.4, -0.2) is 5.11 Å². The molecule has 0 saturated carbocycles. The van der Waals surface area contributed by atoms with Crippen molar-refractivity contribution in [3.63, 3.8) is 0 Å². The van der Waals surface area contributed by atoms with Crippen LogP contribution in [0, 0.1) is 34.6 Å². The van der Waals surface area contributed by atoms with Crippen molar-refractivity contribution in [2.24, 2.45) is 0 Å². The maximum atomic E-state index is 10.8. The summed E-state index contributed by atoms with van der Waals surface area (Å²) in [6.45, 7) is 10.4. The SMILES string of the molecule is Cc1c(C)c(C)c(C(O)c2ccc(Cl)c(Cl)c2)c(C)c1C. The Hall–Kier alpha value is -1.02. The third-order valence-corrected chi connectivity index (χ3v) is 5.33. The average Bonchev–Trinajstić information content (AvgIpc) is 2.46. The number of benzene rings is 2. The molecular weight excluding hydrogens is 303 g/mol. The van der Waals surface area contributed by atoms with Crippen LogP contribution >= 0.6 is 23.2 Å². The van der Waals surface area contributed by atoms with Gasteiger partial charge in [0, 0.05) is 0 Å². The van der Waals surface area contributed by atoms with Crippen molar-refractivity contribution in [1.82, 2.24) is 0 Å². The van der Waals surface area contributed by atoms with Crippen LogP contribution in [0.2, 0.25) is 10.0 Å². The van der Waals surface area contributed by atoms with Gasteiger partial charge in [-0.3, -0.25) is 0 Å². The van der Waals surface area contributed by atoms with Crippen molar-refractivity contribution in [2.45, 2.75) is 40.7 Å². The van der Waals surface area contributed by atoms with Gasteiger partial charge in [-0.25, -0.2) is 0 Å². The van der Waals surface area contributed by atoms with Crippen molar-refractivity contribution < 1.29 is 5.11 Å². The van der Waals surface area contributed by atoms with Gasteiger partial charge in [0.2, 0.25) is 0 Å². The third-order valence-electron chi connectivity index (χ3n) is 4.59. The number of aliphatic hydroxyl groups excluding tert-OH is 1. The van der Waals surface area contributed by atoms with E-state index in [0.717, 1.165) is 22.3 Å². The third kappa shape index (κ3) is 2.83. The van der Waals surface area contributed by atoms with E-state index >= 15 is 0 Å². The molecule has 1 nitrogen and oxygen atoms in total. The second-order valence-corrected chi connectivity index (χ2v) is 6.43. The number of halogens is 2. The smallest absolute Gasteiger partial charge is 0.105 e. The highest BCUT2D eigenvalue weighted by molar-refractivity contribution is 6.42. The normalized spacial score (nSPS) is 12.6. The minimum absolute atomic E-state index is 0.462. The zero-order chi connectivity index (χ0) is 15.9. The summed E-state index contributed by atoms with van der Waals surface area (Å²) in [5, 5.41) is 11.8. The number of rotatable bonds is 2. The van der Waals surface area contributed by atoms with Gasteiger partial charge in [0.15, 0.2) is 0 Å². The zero-order valence-corrected chi connectivity index (χ0v) is 14.5. The van der Waals surface area contributed by atoms with Crippen molar-refractivity contribution >= 4 is 23.2 Å². The highest BCUT2D eigenvalue weighted by Crippen LogP contribution is 2.35. The molecule has 0 aromatic heterocycles. The molecule has 1 atom stereocenters. The van der Waals surface area contributed by atoms with Crippen LogP contribution in [-0.2, 0) is 0 Å². The van der Waals surface area contributed by atoms with Crippen molar-refractivity contribution in [3.8, 4) is 0 Å². The first-order chi connectivity index (χ1) is 9.75. The maximum Gasteiger partial charge on any atom is 0.105 e. The summed E-state index contributed by atoms with van der Waals surface area (Å²) in [5.74, 6) is 0. The maximum absolute atomic E-state index is 10.8. The monoisotopic (exact) mass is 322 g/mol. The molecule has 112 valence electrons. The Bertz CT molecular complexity index is 676. The van der Waals surface area contributed by atoms with E-state index < -0.39 is 6.10 Å². The van der Waals surface area contributed by atoms with Gasteiger partial charge in [-0.05, 0) is 85.7 Å². The van der Waals surface area contributed by atoms with Gasteiger partial charge in [0.25, 0.3) is 0 Å². The van der Waals surface area contributed by atoms with Gasteiger partial charge in [0.05, 0.1) is 10.0 Å². The predicted octanol–water partition coefficient (Wildman–Crippen LogP) is 5.62. The van der Waals surface area contributed by atoms with E-state index in [1.54, 1.807) is 12.1 Å². The summed E-state index contributed by atoms with van der Waals surface area (Å²) in [7, 11) is 0. The lowest BCUT2D eigenvalue weighted by Gasteiger charge is -2.23. The Morgan fingerprint density at radius 3 is 1.71 bits per heavy atom. The van der Waals surface area contributed by atoms with E-state index in [1.165, 1.54) is 16.7 Å². The van der Waals surface area contributed by atoms with E-state index in [1.807, 2.05) is 6.07 Å². The Morgan fingerprint density at radius 2 is 1.24 bits per heavy atom. The first-order valence-corrected chi connectivity index (χ1v) is 7.71. The van der Waals surface area contributed by atoms with Crippen molar-refractivity contribution in [1.29, 1.82) is 0 Å². The highest BCUT2D eigenvalue weighted by atomic mass is 35.5. The quantitative estimate of drug-likeness (QED) is 0.761. The minimum atomic E-state index is -0.697. The van der Waals surface area contributed by atoms with Gasteiger partial charge in [-0.15, -0.1) is 0 Å². The van der Waals surface area contributed by atoms with Crippen LogP contribution in [0.15, 0.2) is 18.2 Å². The molecule has 2 aromatic rings. The largest absolute Gasteiger partial charge is 0.384 e. The summed E-state index contributed by atoms with van der Waals surface area (Å²) < 4.78 is 0. The van der Waals surface area contributed by atoms with Crippen LogP contribution < -0.4 is 0 Å². The molecule has 1 N–H and O–H groups in total. The van der Waals surface area contributed by atoms with E-state index in [0.29, 0.717) is 10.0 Å². The molecule has 1 unspecified atom stereocenters.